The highest BCUT2D eigenvalue weighted by Crippen LogP contribution is 2.26. The number of hydrogen-bond acceptors (Lipinski definition) is 6. The number of carbonyl (C=O) groups is 1. The first kappa shape index (κ1) is 18.6. The van der Waals surface area contributed by atoms with Crippen LogP contribution in [0.3, 0.4) is 0 Å². The minimum atomic E-state index is -0.288. The van der Waals surface area contributed by atoms with Crippen molar-refractivity contribution in [1.82, 2.24) is 21.2 Å². The summed E-state index contributed by atoms with van der Waals surface area (Å²) in [6, 6.07) is 17.7. The second-order valence-corrected chi connectivity index (χ2v) is 7.49. The molecule has 0 spiro atoms. The molecule has 2 aromatic carbocycles. The first-order valence-electron chi connectivity index (χ1n) is 9.15. The summed E-state index contributed by atoms with van der Waals surface area (Å²) in [4.78, 5) is 17.1. The first-order chi connectivity index (χ1) is 13.7. The van der Waals surface area contributed by atoms with Crippen LogP contribution >= 0.6 is 11.3 Å². The number of nitrogens with one attached hydrogen (secondary N) is 3. The van der Waals surface area contributed by atoms with Crippen LogP contribution in [0.15, 0.2) is 60.0 Å². The molecular weight excluding hydrogens is 372 g/mol. The molecule has 0 aliphatic carbocycles. The van der Waals surface area contributed by atoms with Gasteiger partial charge in [-0.3, -0.25) is 4.79 Å². The van der Waals surface area contributed by atoms with Gasteiger partial charge in [-0.2, -0.15) is 0 Å². The maximum absolute atomic E-state index is 12.5. The normalized spacial score (nSPS) is 18.8. The van der Waals surface area contributed by atoms with Crippen LogP contribution in [0, 0.1) is 0 Å². The highest BCUT2D eigenvalue weighted by molar-refractivity contribution is 7.13. The van der Waals surface area contributed by atoms with E-state index in [1.807, 2.05) is 60.0 Å². The van der Waals surface area contributed by atoms with E-state index < -0.39 is 0 Å². The fourth-order valence-corrected chi connectivity index (χ4v) is 4.03. The first-order valence-corrected chi connectivity index (χ1v) is 10.0. The average molecular weight is 395 g/mol. The Hall–Kier alpha value is -2.74. The number of thiazole rings is 1. The number of hydrazine groups is 1. The van der Waals surface area contributed by atoms with Crippen LogP contribution in [-0.2, 0) is 11.3 Å². The summed E-state index contributed by atoms with van der Waals surface area (Å²) in [7, 11) is 1.65. The number of rotatable bonds is 6. The lowest BCUT2D eigenvalue weighted by Crippen LogP contribution is -2.42. The maximum atomic E-state index is 12.5. The fourth-order valence-electron chi connectivity index (χ4n) is 3.21. The van der Waals surface area contributed by atoms with Crippen LogP contribution in [0.5, 0.6) is 5.75 Å². The van der Waals surface area contributed by atoms with Crippen LogP contribution in [-0.4, -0.2) is 24.0 Å². The van der Waals surface area contributed by atoms with Gasteiger partial charge in [0.05, 0.1) is 19.3 Å². The van der Waals surface area contributed by atoms with Crippen molar-refractivity contribution in [2.24, 2.45) is 0 Å². The van der Waals surface area contributed by atoms with Gasteiger partial charge in [0.25, 0.3) is 0 Å². The van der Waals surface area contributed by atoms with Crippen molar-refractivity contribution >= 4 is 17.2 Å². The van der Waals surface area contributed by atoms with Crippen LogP contribution in [0.25, 0.3) is 10.6 Å². The smallest absolute Gasteiger partial charge is 0.238 e. The monoisotopic (exact) mass is 394 g/mol. The van der Waals surface area contributed by atoms with Gasteiger partial charge in [-0.15, -0.1) is 11.3 Å². The summed E-state index contributed by atoms with van der Waals surface area (Å²) in [6.07, 6.45) is 0.672. The molecule has 1 fully saturated rings. The lowest BCUT2D eigenvalue weighted by Gasteiger charge is -2.11. The third kappa shape index (κ3) is 4.22. The number of amides is 1. The molecule has 0 bridgehead atoms. The molecule has 2 heterocycles. The Balaban J connectivity index is 1.32. The van der Waals surface area contributed by atoms with Crippen molar-refractivity contribution in [3.05, 3.63) is 71.2 Å². The van der Waals surface area contributed by atoms with Gasteiger partial charge >= 0.3 is 0 Å². The van der Waals surface area contributed by atoms with Crippen molar-refractivity contribution in [3.63, 3.8) is 0 Å². The third-order valence-corrected chi connectivity index (χ3v) is 5.67. The van der Waals surface area contributed by atoms with Gasteiger partial charge < -0.3 is 10.1 Å². The van der Waals surface area contributed by atoms with Crippen molar-refractivity contribution in [2.45, 2.75) is 25.0 Å². The van der Waals surface area contributed by atoms with E-state index in [1.165, 1.54) is 0 Å². The molecule has 2 unspecified atom stereocenters. The topological polar surface area (TPSA) is 75.3 Å². The average Bonchev–Trinajstić information content (AvgIpc) is 3.43. The quantitative estimate of drug-likeness (QED) is 0.599. The number of benzene rings is 2. The van der Waals surface area contributed by atoms with E-state index in [1.54, 1.807) is 18.4 Å². The van der Waals surface area contributed by atoms with Crippen LogP contribution < -0.4 is 20.9 Å². The predicted molar refractivity (Wildman–Crippen MR) is 110 cm³/mol. The Morgan fingerprint density at radius 1 is 1.21 bits per heavy atom. The summed E-state index contributed by atoms with van der Waals surface area (Å²) in [5.74, 6) is 0.775. The molecule has 2 atom stereocenters. The molecule has 1 aliphatic rings. The highest BCUT2D eigenvalue weighted by Gasteiger charge is 2.30. The van der Waals surface area contributed by atoms with Gasteiger partial charge in [-0.05, 0) is 24.1 Å². The van der Waals surface area contributed by atoms with Crippen molar-refractivity contribution in [1.29, 1.82) is 0 Å². The molecule has 1 aromatic heterocycles. The van der Waals surface area contributed by atoms with Crippen LogP contribution in [0.1, 0.15) is 23.7 Å². The van der Waals surface area contributed by atoms with E-state index in [-0.39, 0.29) is 18.0 Å². The molecule has 6 nitrogen and oxygen atoms in total. The summed E-state index contributed by atoms with van der Waals surface area (Å²) in [5, 5.41) is 5.93. The van der Waals surface area contributed by atoms with Crippen molar-refractivity contribution in [2.75, 3.05) is 7.11 Å². The maximum Gasteiger partial charge on any atom is 0.238 e. The van der Waals surface area contributed by atoms with Crippen molar-refractivity contribution in [3.8, 4) is 16.3 Å². The van der Waals surface area contributed by atoms with Gasteiger partial charge in [-0.1, -0.05) is 42.5 Å². The van der Waals surface area contributed by atoms with Crippen LogP contribution in [0.2, 0.25) is 0 Å². The Morgan fingerprint density at radius 3 is 2.89 bits per heavy atom. The molecular formula is C21H22N4O2S. The van der Waals surface area contributed by atoms with E-state index in [4.69, 9.17) is 4.74 Å². The molecule has 3 aromatic rings. The minimum absolute atomic E-state index is 0.0350. The summed E-state index contributed by atoms with van der Waals surface area (Å²) < 4.78 is 5.28. The number of hydrogen-bond donors (Lipinski definition) is 3. The van der Waals surface area contributed by atoms with Crippen LogP contribution in [0.4, 0.5) is 0 Å². The molecule has 4 rings (SSSR count). The summed E-state index contributed by atoms with van der Waals surface area (Å²) >= 11 is 1.59. The van der Waals surface area contributed by atoms with Gasteiger partial charge in [0.2, 0.25) is 5.91 Å². The standard InChI is InChI=1S/C21H22N4O2S/c1-27-17-9-5-8-15(10-17)18-11-19(25-24-18)20(26)22-12-16-13-28-21(23-16)14-6-3-2-4-7-14/h2-10,13,18-19,24-25H,11-12H2,1H3,(H,22,26). The van der Waals surface area contributed by atoms with Gasteiger partial charge in [0.15, 0.2) is 0 Å². The number of aromatic nitrogens is 1. The summed E-state index contributed by atoms with van der Waals surface area (Å²) in [5.41, 5.74) is 9.34. The van der Waals surface area contributed by atoms with E-state index in [0.717, 1.165) is 27.6 Å². The van der Waals surface area contributed by atoms with Gasteiger partial charge in [0, 0.05) is 17.0 Å². The molecule has 1 amide bonds. The Bertz CT molecular complexity index is 944. The van der Waals surface area contributed by atoms with E-state index in [9.17, 15) is 4.79 Å². The third-order valence-electron chi connectivity index (χ3n) is 4.73. The summed E-state index contributed by atoms with van der Waals surface area (Å²) in [6.45, 7) is 0.421. The number of nitrogens with zero attached hydrogens (tertiary/aromatic N) is 1. The van der Waals surface area contributed by atoms with E-state index >= 15 is 0 Å². The number of ether oxygens (including phenoxy) is 1. The molecule has 0 radical (unpaired) electrons. The Morgan fingerprint density at radius 2 is 2.07 bits per heavy atom. The Kier molecular flexibility index (Phi) is 5.66. The fraction of sp³-hybridized carbons (Fsp3) is 0.238. The lowest BCUT2D eigenvalue weighted by atomic mass is 10.0. The molecule has 7 heteroatoms. The minimum Gasteiger partial charge on any atom is -0.497 e. The van der Waals surface area contributed by atoms with Gasteiger partial charge in [-0.25, -0.2) is 15.8 Å². The zero-order valence-corrected chi connectivity index (χ0v) is 16.3. The largest absolute Gasteiger partial charge is 0.497 e. The molecule has 0 saturated carbocycles. The molecule has 3 N–H and O–H groups in total. The molecule has 144 valence electrons. The zero-order valence-electron chi connectivity index (χ0n) is 15.5. The SMILES string of the molecule is COc1cccc(C2CC(C(=O)NCc3csc(-c4ccccc4)n3)NN2)c1. The van der Waals surface area contributed by atoms with Gasteiger partial charge in [0.1, 0.15) is 16.8 Å². The molecule has 1 saturated heterocycles. The highest BCUT2D eigenvalue weighted by atomic mass is 32.1. The van der Waals surface area contributed by atoms with E-state index in [0.29, 0.717) is 13.0 Å². The molecule has 28 heavy (non-hydrogen) atoms. The van der Waals surface area contributed by atoms with Crippen molar-refractivity contribution < 1.29 is 9.53 Å². The van der Waals surface area contributed by atoms with E-state index in [2.05, 4.69) is 21.2 Å². The second-order valence-electron chi connectivity index (χ2n) is 6.63. The second kappa shape index (κ2) is 8.52. The molecule has 1 aliphatic heterocycles. The number of carbonyl (C=O) groups excluding carboxylic acids is 1. The zero-order chi connectivity index (χ0) is 19.3. The number of methoxy groups -OCH3 is 1. The predicted octanol–water partition coefficient (Wildman–Crippen LogP) is 3.04. The Labute approximate surface area is 167 Å². The lowest BCUT2D eigenvalue weighted by molar-refractivity contribution is -0.123.